The summed E-state index contributed by atoms with van der Waals surface area (Å²) in [6, 6.07) is 86.5. The Balaban J connectivity index is 0.00000611. The molecule has 11 rings (SSSR count). The summed E-state index contributed by atoms with van der Waals surface area (Å²) in [5.41, 5.74) is 24.7. The molecule has 0 N–H and O–H groups in total. The quantitative estimate of drug-likeness (QED) is 0.102. The van der Waals surface area contributed by atoms with Gasteiger partial charge in [-0.3, -0.25) is 4.98 Å². The fourth-order valence-corrected chi connectivity index (χ4v) is 9.49. The smallest absolute Gasteiger partial charge is 0.304 e. The topological polar surface area (TPSA) is 38.7 Å². The summed E-state index contributed by atoms with van der Waals surface area (Å²) in [4.78, 5) is 14.4. The van der Waals surface area contributed by atoms with Crippen LogP contribution in [0.15, 0.2) is 231 Å². The van der Waals surface area contributed by atoms with E-state index in [1.807, 2.05) is 30.6 Å². The van der Waals surface area contributed by atoms with Crippen LogP contribution in [0, 0.1) is 32.0 Å². The summed E-state index contributed by atoms with van der Waals surface area (Å²) in [5, 5.41) is 0. The number of nitrogens with zero attached hydrogens (tertiary/aromatic N) is 3. The number of benzene rings is 8. The molecule has 3 heterocycles. The molecule has 0 saturated carbocycles. The van der Waals surface area contributed by atoms with Crippen LogP contribution in [-0.2, 0) is 45.8 Å². The number of hydrogen-bond acceptors (Lipinski definition) is 3. The average molecular weight is 1120 g/mol. The SMILES string of the molecule is Cc1ccc(-c2[c-]cc(CCc3cc(CCc4[c-]cc(-c5ccc(C)cn5)cc4)cc(-c4ccccc4-c4cnc(-c5[c-]cccc5)cc4-c4ccc(-c5ccc(-c6ccccc6)cc5)cc4)c3)cc2)nc1.[Ir+3]. The Morgan fingerprint density at radius 1 is 0.329 bits per heavy atom. The molecule has 11 aromatic rings. The van der Waals surface area contributed by atoms with Gasteiger partial charge in [0.05, 0.1) is 0 Å². The van der Waals surface area contributed by atoms with Crippen molar-refractivity contribution < 1.29 is 20.1 Å². The second kappa shape index (κ2) is 22.5. The van der Waals surface area contributed by atoms with Gasteiger partial charge in [0.2, 0.25) is 0 Å². The van der Waals surface area contributed by atoms with Gasteiger partial charge in [-0.25, -0.2) is 0 Å². The van der Waals surface area contributed by atoms with E-state index in [-0.39, 0.29) is 20.1 Å². The second-order valence-corrected chi connectivity index (χ2v) is 18.7. The standard InChI is InChI=1S/C69H52N3.Ir/c1-48-17-39-67(70-45-48)60-27-23-50(24-28-60)19-21-52-41-53(22-20-51-25-29-61(30-26-51)68-40-18-49(2)46-71-68)43-62(42-52)63-15-9-10-16-64(63)66-47-72-69(59-13-7-4-8-14-59)44-65(66)58-37-35-57(36-38-58)56-33-31-55(32-34-56)54-11-5-3-6-12-54;/h3-13,15-18,23-25,27,29-47H,19-22H2,1-2H3;/q-3;+3. The first-order valence-corrected chi connectivity index (χ1v) is 24.8. The molecule has 0 atom stereocenters. The van der Waals surface area contributed by atoms with Crippen molar-refractivity contribution in [2.24, 2.45) is 0 Å². The summed E-state index contributed by atoms with van der Waals surface area (Å²) < 4.78 is 0. The summed E-state index contributed by atoms with van der Waals surface area (Å²) in [5.74, 6) is 0. The van der Waals surface area contributed by atoms with Gasteiger partial charge in [0.15, 0.2) is 0 Å². The molecular formula is C69H52IrN3. The zero-order chi connectivity index (χ0) is 48.6. The molecule has 0 bridgehead atoms. The predicted molar refractivity (Wildman–Crippen MR) is 297 cm³/mol. The van der Waals surface area contributed by atoms with E-state index in [4.69, 9.17) is 4.98 Å². The van der Waals surface area contributed by atoms with E-state index in [2.05, 4.69) is 242 Å². The van der Waals surface area contributed by atoms with E-state index in [1.165, 1.54) is 55.6 Å². The van der Waals surface area contributed by atoms with Crippen LogP contribution in [0.25, 0.3) is 89.4 Å². The third-order valence-electron chi connectivity index (χ3n) is 13.5. The van der Waals surface area contributed by atoms with Crippen LogP contribution < -0.4 is 0 Å². The van der Waals surface area contributed by atoms with E-state index in [9.17, 15) is 0 Å². The zero-order valence-corrected chi connectivity index (χ0v) is 43.3. The van der Waals surface area contributed by atoms with Crippen molar-refractivity contribution >= 4 is 0 Å². The molecule has 73 heavy (non-hydrogen) atoms. The largest absolute Gasteiger partial charge is 3.00 e. The summed E-state index contributed by atoms with van der Waals surface area (Å²) in [6.45, 7) is 4.13. The molecule has 0 amide bonds. The summed E-state index contributed by atoms with van der Waals surface area (Å²) in [6.07, 6.45) is 9.42. The zero-order valence-electron chi connectivity index (χ0n) is 40.9. The Hall–Kier alpha value is -8.14. The van der Waals surface area contributed by atoms with Gasteiger partial charge in [-0.1, -0.05) is 152 Å². The van der Waals surface area contributed by atoms with Crippen LogP contribution in [0.4, 0.5) is 0 Å². The Morgan fingerprint density at radius 3 is 1.52 bits per heavy atom. The van der Waals surface area contributed by atoms with Gasteiger partial charge in [-0.2, -0.15) is 29.8 Å². The van der Waals surface area contributed by atoms with Crippen LogP contribution >= 0.6 is 0 Å². The van der Waals surface area contributed by atoms with Crippen molar-refractivity contribution in [3.05, 3.63) is 282 Å². The number of hydrogen-bond donors (Lipinski definition) is 0. The van der Waals surface area contributed by atoms with E-state index in [0.717, 1.165) is 92.8 Å². The van der Waals surface area contributed by atoms with Gasteiger partial charge < -0.3 is 9.97 Å². The predicted octanol–water partition coefficient (Wildman–Crippen LogP) is 16.8. The van der Waals surface area contributed by atoms with Crippen LogP contribution in [0.5, 0.6) is 0 Å². The fourth-order valence-electron chi connectivity index (χ4n) is 9.49. The Labute approximate surface area is 443 Å². The monoisotopic (exact) mass is 1120 g/mol. The molecule has 0 aliphatic rings. The van der Waals surface area contributed by atoms with Crippen LogP contribution in [0.1, 0.15) is 33.4 Å². The molecule has 0 aliphatic carbocycles. The van der Waals surface area contributed by atoms with Gasteiger partial charge in [0.1, 0.15) is 0 Å². The van der Waals surface area contributed by atoms with E-state index in [0.29, 0.717) is 0 Å². The van der Waals surface area contributed by atoms with E-state index < -0.39 is 0 Å². The molecule has 352 valence electrons. The van der Waals surface area contributed by atoms with Crippen LogP contribution in [0.2, 0.25) is 0 Å². The minimum Gasteiger partial charge on any atom is -0.304 e. The van der Waals surface area contributed by atoms with Crippen LogP contribution in [-0.4, -0.2) is 15.0 Å². The van der Waals surface area contributed by atoms with Gasteiger partial charge in [-0.15, -0.1) is 76.9 Å². The molecule has 0 fully saturated rings. The van der Waals surface area contributed by atoms with Gasteiger partial charge in [-0.05, 0) is 123 Å². The number of pyridine rings is 3. The number of rotatable bonds is 14. The molecule has 0 unspecified atom stereocenters. The first-order valence-electron chi connectivity index (χ1n) is 24.8. The van der Waals surface area contributed by atoms with Crippen molar-refractivity contribution in [2.45, 2.75) is 39.5 Å². The first-order chi connectivity index (χ1) is 35.5. The summed E-state index contributed by atoms with van der Waals surface area (Å²) in [7, 11) is 0. The van der Waals surface area contributed by atoms with Crippen molar-refractivity contribution in [3.8, 4) is 89.4 Å². The maximum absolute atomic E-state index is 5.12. The third-order valence-corrected chi connectivity index (χ3v) is 13.5. The molecule has 0 spiro atoms. The fraction of sp³-hybridized carbons (Fsp3) is 0.0870. The molecule has 0 radical (unpaired) electrons. The maximum atomic E-state index is 5.12. The molecule has 4 heteroatoms. The molecule has 3 nitrogen and oxygen atoms in total. The van der Waals surface area contributed by atoms with Gasteiger partial charge >= 0.3 is 20.1 Å². The normalized spacial score (nSPS) is 11.0. The molecule has 0 aliphatic heterocycles. The first kappa shape index (κ1) is 48.5. The third kappa shape index (κ3) is 11.5. The minimum absolute atomic E-state index is 0. The van der Waals surface area contributed by atoms with Gasteiger partial charge in [0, 0.05) is 29.8 Å². The average Bonchev–Trinajstić information content (AvgIpc) is 3.45. The Bertz CT molecular complexity index is 3460. The maximum Gasteiger partial charge on any atom is 3.00 e. The Morgan fingerprint density at radius 2 is 0.904 bits per heavy atom. The molecule has 0 saturated heterocycles. The molecular weight excluding hydrogens is 1060 g/mol. The van der Waals surface area contributed by atoms with Crippen molar-refractivity contribution in [2.75, 3.05) is 0 Å². The van der Waals surface area contributed by atoms with Crippen LogP contribution in [0.3, 0.4) is 0 Å². The van der Waals surface area contributed by atoms with Crippen molar-refractivity contribution in [3.63, 3.8) is 0 Å². The van der Waals surface area contributed by atoms with Crippen molar-refractivity contribution in [1.82, 2.24) is 15.0 Å². The van der Waals surface area contributed by atoms with Crippen molar-refractivity contribution in [1.29, 1.82) is 0 Å². The van der Waals surface area contributed by atoms with E-state index >= 15 is 0 Å². The molecule has 3 aromatic heterocycles. The number of aryl methyl sites for hydroxylation is 6. The second-order valence-electron chi connectivity index (χ2n) is 18.7. The molecule has 8 aromatic carbocycles. The van der Waals surface area contributed by atoms with E-state index in [1.54, 1.807) is 0 Å². The Kier molecular flexibility index (Phi) is 15.0. The van der Waals surface area contributed by atoms with Gasteiger partial charge in [0.25, 0.3) is 0 Å². The minimum atomic E-state index is 0. The summed E-state index contributed by atoms with van der Waals surface area (Å²) >= 11 is 0. The number of aromatic nitrogens is 3.